The number of likely N-dealkylation sites (tertiary alicyclic amines) is 1. The van der Waals surface area contributed by atoms with Crippen molar-refractivity contribution in [1.82, 2.24) is 4.90 Å². The third-order valence-corrected chi connectivity index (χ3v) is 5.73. The number of nitrogens with zero attached hydrogens (tertiary/aromatic N) is 1. The van der Waals surface area contributed by atoms with E-state index in [1.165, 1.54) is 30.4 Å². The number of phenolic OH excluding ortho intramolecular Hbond substituents is 1. The molecule has 1 aliphatic heterocycles. The molecule has 0 radical (unpaired) electrons. The minimum Gasteiger partial charge on any atom is -0.508 e. The summed E-state index contributed by atoms with van der Waals surface area (Å²) in [6, 6.07) is 29.3. The van der Waals surface area contributed by atoms with Gasteiger partial charge in [0.25, 0.3) is 0 Å². The summed E-state index contributed by atoms with van der Waals surface area (Å²) in [6.45, 7) is 2.12. The van der Waals surface area contributed by atoms with E-state index in [1.54, 1.807) is 6.07 Å². The summed E-state index contributed by atoms with van der Waals surface area (Å²) in [6.07, 6.45) is 3.57. The molecule has 0 aromatic heterocycles. The Balaban J connectivity index is 1.52. The zero-order valence-corrected chi connectivity index (χ0v) is 15.7. The second kappa shape index (κ2) is 8.41. The molecular weight excluding hydrogens is 330 g/mol. The number of hydrogen-bond acceptors (Lipinski definition) is 2. The van der Waals surface area contributed by atoms with Crippen molar-refractivity contribution in [2.24, 2.45) is 5.92 Å². The quantitative estimate of drug-likeness (QED) is 0.657. The summed E-state index contributed by atoms with van der Waals surface area (Å²) in [4.78, 5) is 2.53. The molecule has 0 amide bonds. The van der Waals surface area contributed by atoms with Crippen molar-refractivity contribution >= 4 is 0 Å². The van der Waals surface area contributed by atoms with Crippen LogP contribution in [0.3, 0.4) is 0 Å². The molecule has 1 fully saturated rings. The van der Waals surface area contributed by atoms with Crippen LogP contribution in [0.4, 0.5) is 0 Å². The lowest BCUT2D eigenvalue weighted by atomic mass is 9.87. The van der Waals surface area contributed by atoms with Crippen molar-refractivity contribution in [2.75, 3.05) is 13.1 Å². The fraction of sp³-hybridized carbons (Fsp3) is 0.280. The fourth-order valence-electron chi connectivity index (χ4n) is 4.30. The summed E-state index contributed by atoms with van der Waals surface area (Å²) >= 11 is 0. The first kappa shape index (κ1) is 17.8. The molecule has 27 heavy (non-hydrogen) atoms. The molecule has 4 rings (SSSR count). The van der Waals surface area contributed by atoms with E-state index < -0.39 is 0 Å². The number of hydrogen-bond donors (Lipinski definition) is 1. The van der Waals surface area contributed by atoms with E-state index in [1.807, 2.05) is 12.1 Å². The highest BCUT2D eigenvalue weighted by molar-refractivity contribution is 5.40. The van der Waals surface area contributed by atoms with E-state index >= 15 is 0 Å². The first-order valence-electron chi connectivity index (χ1n) is 9.92. The molecular formula is C25H27NO. The Morgan fingerprint density at radius 3 is 2.04 bits per heavy atom. The molecule has 0 unspecified atom stereocenters. The van der Waals surface area contributed by atoms with Crippen LogP contribution in [-0.4, -0.2) is 23.1 Å². The Morgan fingerprint density at radius 1 is 0.778 bits per heavy atom. The predicted octanol–water partition coefficient (Wildman–Crippen LogP) is 5.44. The standard InChI is InChI=1S/C25H27NO/c27-24-14-8-7-13-23(24)25(22-11-5-2-6-12-22)26-17-15-21(16-18-26)19-20-9-3-1-4-10-20/h1-14,21,25,27H,15-19H2/t25-/m1/s1. The summed E-state index contributed by atoms with van der Waals surface area (Å²) in [5.41, 5.74) is 3.70. The van der Waals surface area contributed by atoms with Gasteiger partial charge in [-0.15, -0.1) is 0 Å². The molecule has 0 spiro atoms. The molecule has 1 saturated heterocycles. The van der Waals surface area contributed by atoms with Gasteiger partial charge in [0.05, 0.1) is 6.04 Å². The van der Waals surface area contributed by atoms with Crippen molar-refractivity contribution < 1.29 is 5.11 Å². The van der Waals surface area contributed by atoms with E-state index in [-0.39, 0.29) is 6.04 Å². The van der Waals surface area contributed by atoms with Crippen LogP contribution in [0.2, 0.25) is 0 Å². The van der Waals surface area contributed by atoms with Crippen LogP contribution in [0.5, 0.6) is 5.75 Å². The second-order valence-electron chi connectivity index (χ2n) is 7.54. The highest BCUT2D eigenvalue weighted by Crippen LogP contribution is 2.36. The molecule has 3 aromatic carbocycles. The number of aromatic hydroxyl groups is 1. The largest absolute Gasteiger partial charge is 0.508 e. The van der Waals surface area contributed by atoms with E-state index in [4.69, 9.17) is 0 Å². The molecule has 1 atom stereocenters. The summed E-state index contributed by atoms with van der Waals surface area (Å²) in [5, 5.41) is 10.5. The highest BCUT2D eigenvalue weighted by Gasteiger charge is 2.28. The molecule has 0 aliphatic carbocycles. The van der Waals surface area contributed by atoms with Gasteiger partial charge in [-0.1, -0.05) is 78.9 Å². The lowest BCUT2D eigenvalue weighted by molar-refractivity contribution is 0.149. The van der Waals surface area contributed by atoms with Crippen LogP contribution >= 0.6 is 0 Å². The van der Waals surface area contributed by atoms with Crippen LogP contribution in [0.25, 0.3) is 0 Å². The average Bonchev–Trinajstić information content (AvgIpc) is 2.72. The van der Waals surface area contributed by atoms with Crippen molar-refractivity contribution in [2.45, 2.75) is 25.3 Å². The minimum absolute atomic E-state index is 0.116. The number of rotatable bonds is 5. The van der Waals surface area contributed by atoms with Crippen molar-refractivity contribution in [3.05, 3.63) is 102 Å². The fourth-order valence-corrected chi connectivity index (χ4v) is 4.30. The van der Waals surface area contributed by atoms with Gasteiger partial charge in [-0.3, -0.25) is 4.90 Å². The van der Waals surface area contributed by atoms with Gasteiger partial charge in [0.15, 0.2) is 0 Å². The Morgan fingerprint density at radius 2 is 1.37 bits per heavy atom. The van der Waals surface area contributed by atoms with E-state index in [2.05, 4.69) is 71.6 Å². The molecule has 3 aromatic rings. The van der Waals surface area contributed by atoms with Crippen LogP contribution in [0.1, 0.15) is 35.6 Å². The average molecular weight is 357 g/mol. The Labute approximate surface area is 162 Å². The van der Waals surface area contributed by atoms with Gasteiger partial charge in [-0.05, 0) is 55.5 Å². The van der Waals surface area contributed by atoms with Gasteiger partial charge in [-0.2, -0.15) is 0 Å². The van der Waals surface area contributed by atoms with Crippen LogP contribution < -0.4 is 0 Å². The van der Waals surface area contributed by atoms with Gasteiger partial charge < -0.3 is 5.11 Å². The summed E-state index contributed by atoms with van der Waals surface area (Å²) in [7, 11) is 0. The normalized spacial score (nSPS) is 16.9. The summed E-state index contributed by atoms with van der Waals surface area (Å²) in [5.74, 6) is 1.13. The Hall–Kier alpha value is -2.58. The Kier molecular flexibility index (Phi) is 5.55. The van der Waals surface area contributed by atoms with Gasteiger partial charge in [-0.25, -0.2) is 0 Å². The molecule has 0 saturated carbocycles. The monoisotopic (exact) mass is 357 g/mol. The number of benzene rings is 3. The molecule has 2 heteroatoms. The first-order chi connectivity index (χ1) is 13.3. The third-order valence-electron chi connectivity index (χ3n) is 5.73. The molecule has 138 valence electrons. The van der Waals surface area contributed by atoms with Gasteiger partial charge in [0, 0.05) is 5.56 Å². The zero-order chi connectivity index (χ0) is 18.5. The van der Waals surface area contributed by atoms with Crippen molar-refractivity contribution in [3.8, 4) is 5.75 Å². The summed E-state index contributed by atoms with van der Waals surface area (Å²) < 4.78 is 0. The maximum Gasteiger partial charge on any atom is 0.120 e. The number of para-hydroxylation sites is 1. The zero-order valence-electron chi connectivity index (χ0n) is 15.7. The molecule has 1 N–H and O–H groups in total. The smallest absolute Gasteiger partial charge is 0.120 e. The maximum atomic E-state index is 10.5. The topological polar surface area (TPSA) is 23.5 Å². The second-order valence-corrected chi connectivity index (χ2v) is 7.54. The number of piperidine rings is 1. The van der Waals surface area contributed by atoms with E-state index in [0.29, 0.717) is 5.75 Å². The lowest BCUT2D eigenvalue weighted by Gasteiger charge is -2.38. The first-order valence-corrected chi connectivity index (χ1v) is 9.92. The maximum absolute atomic E-state index is 10.5. The molecule has 1 aliphatic rings. The lowest BCUT2D eigenvalue weighted by Crippen LogP contribution is -2.37. The van der Waals surface area contributed by atoms with Crippen LogP contribution in [-0.2, 0) is 6.42 Å². The van der Waals surface area contributed by atoms with Crippen LogP contribution in [0, 0.1) is 5.92 Å². The number of phenols is 1. The molecule has 0 bridgehead atoms. The molecule has 1 heterocycles. The van der Waals surface area contributed by atoms with Crippen LogP contribution in [0.15, 0.2) is 84.9 Å². The highest BCUT2D eigenvalue weighted by atomic mass is 16.3. The van der Waals surface area contributed by atoms with E-state index in [0.717, 1.165) is 24.6 Å². The minimum atomic E-state index is 0.116. The van der Waals surface area contributed by atoms with Gasteiger partial charge >= 0.3 is 0 Å². The third kappa shape index (κ3) is 4.23. The van der Waals surface area contributed by atoms with Crippen molar-refractivity contribution in [3.63, 3.8) is 0 Å². The Bertz CT molecular complexity index is 838. The van der Waals surface area contributed by atoms with Gasteiger partial charge in [0.1, 0.15) is 5.75 Å². The van der Waals surface area contributed by atoms with E-state index in [9.17, 15) is 5.11 Å². The predicted molar refractivity (Wildman–Crippen MR) is 111 cm³/mol. The van der Waals surface area contributed by atoms with Crippen molar-refractivity contribution in [1.29, 1.82) is 0 Å². The SMILES string of the molecule is Oc1ccccc1[C@@H](c1ccccc1)N1CCC(Cc2ccccc2)CC1. The molecule has 2 nitrogen and oxygen atoms in total. The van der Waals surface area contributed by atoms with Gasteiger partial charge in [0.2, 0.25) is 0 Å².